The molecule has 2 heterocycles. The van der Waals surface area contributed by atoms with Gasteiger partial charge in [0.1, 0.15) is 11.4 Å². The normalized spacial score (nSPS) is 24.8. The molecule has 37 heavy (non-hydrogen) atoms. The zero-order valence-corrected chi connectivity index (χ0v) is 21.1. The summed E-state index contributed by atoms with van der Waals surface area (Å²) < 4.78 is 40.8. The Hall–Kier alpha value is -3.99. The summed E-state index contributed by atoms with van der Waals surface area (Å²) in [4.78, 5) is 51.0. The second kappa shape index (κ2) is 9.81. The van der Waals surface area contributed by atoms with Crippen molar-refractivity contribution >= 4 is 33.7 Å². The van der Waals surface area contributed by atoms with E-state index in [9.17, 15) is 27.6 Å². The van der Waals surface area contributed by atoms with E-state index in [0.717, 1.165) is 25.0 Å². The molecule has 11 heteroatoms. The first-order valence-electron chi connectivity index (χ1n) is 11.3. The molecule has 2 aliphatic heterocycles. The molecular formula is C26H25NO9S. The van der Waals surface area contributed by atoms with Crippen LogP contribution in [0, 0.1) is 0 Å². The van der Waals surface area contributed by atoms with Gasteiger partial charge in [0, 0.05) is 13.0 Å². The highest BCUT2D eigenvalue weighted by atomic mass is 32.2. The predicted molar refractivity (Wildman–Crippen MR) is 129 cm³/mol. The fourth-order valence-corrected chi connectivity index (χ4v) is 6.85. The van der Waals surface area contributed by atoms with Crippen LogP contribution in [-0.2, 0) is 43.2 Å². The highest BCUT2D eigenvalue weighted by molar-refractivity contribution is 7.94. The Labute approximate surface area is 213 Å². The number of sulfone groups is 1. The fourth-order valence-electron chi connectivity index (χ4n) is 4.57. The number of rotatable bonds is 7. The third-order valence-corrected chi connectivity index (χ3v) is 9.21. The Morgan fingerprint density at radius 1 is 1.03 bits per heavy atom. The van der Waals surface area contributed by atoms with Gasteiger partial charge >= 0.3 is 17.9 Å². The van der Waals surface area contributed by atoms with E-state index in [2.05, 4.69) is 4.74 Å². The van der Waals surface area contributed by atoms with Crippen molar-refractivity contribution in [3.05, 3.63) is 83.4 Å². The minimum atomic E-state index is -4.37. The smallest absolute Gasteiger partial charge is 0.331 e. The molecule has 0 radical (unpaired) electrons. The van der Waals surface area contributed by atoms with Gasteiger partial charge in [0.2, 0.25) is 0 Å². The number of hydrogen-bond donors (Lipinski definition) is 0. The number of carbonyl (C=O) groups is 4. The number of esters is 3. The van der Waals surface area contributed by atoms with Crippen molar-refractivity contribution in [3.63, 3.8) is 0 Å². The lowest BCUT2D eigenvalue weighted by molar-refractivity contribution is -0.162. The van der Waals surface area contributed by atoms with Crippen molar-refractivity contribution in [1.29, 1.82) is 0 Å². The van der Waals surface area contributed by atoms with Crippen LogP contribution in [0.4, 0.5) is 0 Å². The van der Waals surface area contributed by atoms with Crippen LogP contribution in [0.25, 0.3) is 0 Å². The van der Waals surface area contributed by atoms with Gasteiger partial charge in [-0.15, -0.1) is 0 Å². The van der Waals surface area contributed by atoms with Crippen LogP contribution in [-0.4, -0.2) is 67.0 Å². The molecule has 0 saturated carbocycles. The lowest BCUT2D eigenvalue weighted by atomic mass is 9.94. The molecule has 3 atom stereocenters. The molecule has 0 bridgehead atoms. The van der Waals surface area contributed by atoms with Crippen LogP contribution in [0.2, 0.25) is 0 Å². The molecule has 4 rings (SSSR count). The second-order valence-electron chi connectivity index (χ2n) is 8.87. The van der Waals surface area contributed by atoms with Gasteiger partial charge < -0.3 is 19.1 Å². The molecule has 1 amide bonds. The Bertz CT molecular complexity index is 1330. The molecule has 2 aliphatic rings. The SMILES string of the molecule is COC(=O)/C=C1/C(=O)N2C1S(=O)(=O)[C@@](C)(COC(C)=O)[C@@H]2C(=O)OC(c1ccccc1)c1ccccc1. The van der Waals surface area contributed by atoms with Crippen molar-refractivity contribution in [2.45, 2.75) is 36.1 Å². The van der Waals surface area contributed by atoms with E-state index in [1.165, 1.54) is 6.92 Å². The molecule has 1 unspecified atom stereocenters. The summed E-state index contributed by atoms with van der Waals surface area (Å²) in [5.41, 5.74) is 0.920. The molecule has 194 valence electrons. The van der Waals surface area contributed by atoms with Crippen LogP contribution < -0.4 is 0 Å². The van der Waals surface area contributed by atoms with E-state index in [-0.39, 0.29) is 5.57 Å². The standard InChI is InChI=1S/C26H25NO9S/c1-16(28)35-15-26(2)22(27-23(30)19(14-20(29)34-3)24(27)37(26,32)33)25(31)36-21(17-10-6-4-7-11-17)18-12-8-5-9-13-18/h4-14,21-22,24H,15H2,1-3H3/b19-14-/t22-,24?,26-/m0/s1. The van der Waals surface area contributed by atoms with Crippen LogP contribution in [0.5, 0.6) is 0 Å². The highest BCUT2D eigenvalue weighted by Gasteiger charge is 2.73. The van der Waals surface area contributed by atoms with Gasteiger partial charge in [0.25, 0.3) is 5.91 Å². The summed E-state index contributed by atoms with van der Waals surface area (Å²) in [6, 6.07) is 16.0. The van der Waals surface area contributed by atoms with Crippen molar-refractivity contribution in [2.24, 2.45) is 0 Å². The van der Waals surface area contributed by atoms with Crippen LogP contribution in [0.1, 0.15) is 31.1 Å². The molecule has 0 N–H and O–H groups in total. The Kier molecular flexibility index (Phi) is 6.92. The Balaban J connectivity index is 1.77. The summed E-state index contributed by atoms with van der Waals surface area (Å²) in [7, 11) is -3.28. The lowest BCUT2D eigenvalue weighted by Crippen LogP contribution is -2.60. The predicted octanol–water partition coefficient (Wildman–Crippen LogP) is 1.71. The number of amides is 1. The zero-order chi connectivity index (χ0) is 27.0. The molecule has 2 aromatic carbocycles. The first kappa shape index (κ1) is 26.1. The quantitative estimate of drug-likeness (QED) is 0.228. The number of nitrogens with zero attached hydrogens (tertiary/aromatic N) is 1. The van der Waals surface area contributed by atoms with Crippen molar-refractivity contribution < 1.29 is 41.8 Å². The lowest BCUT2D eigenvalue weighted by Gasteiger charge is -2.38. The molecule has 2 saturated heterocycles. The maximum absolute atomic E-state index is 13.7. The van der Waals surface area contributed by atoms with E-state index in [4.69, 9.17) is 9.47 Å². The van der Waals surface area contributed by atoms with Crippen LogP contribution >= 0.6 is 0 Å². The summed E-state index contributed by atoms with van der Waals surface area (Å²) in [5.74, 6) is -3.51. The first-order chi connectivity index (χ1) is 17.5. The van der Waals surface area contributed by atoms with Crippen molar-refractivity contribution in [2.75, 3.05) is 13.7 Å². The van der Waals surface area contributed by atoms with Crippen LogP contribution in [0.3, 0.4) is 0 Å². The number of fused-ring (bicyclic) bond motifs is 1. The number of ether oxygens (including phenoxy) is 3. The minimum absolute atomic E-state index is 0.334. The third-order valence-electron chi connectivity index (χ3n) is 6.50. The zero-order valence-electron chi connectivity index (χ0n) is 20.3. The van der Waals surface area contributed by atoms with Gasteiger partial charge in [-0.3, -0.25) is 9.59 Å². The summed E-state index contributed by atoms with van der Waals surface area (Å²) in [6.45, 7) is 1.62. The molecule has 2 fully saturated rings. The maximum Gasteiger partial charge on any atom is 0.331 e. The van der Waals surface area contributed by atoms with Gasteiger partial charge in [0.05, 0.1) is 12.7 Å². The van der Waals surface area contributed by atoms with Crippen LogP contribution in [0.15, 0.2) is 72.3 Å². The summed E-state index contributed by atoms with van der Waals surface area (Å²) in [5, 5.41) is -1.59. The van der Waals surface area contributed by atoms with Gasteiger partial charge in [-0.25, -0.2) is 18.0 Å². The molecule has 0 aromatic heterocycles. The maximum atomic E-state index is 13.7. The van der Waals surface area contributed by atoms with E-state index < -0.39 is 62.5 Å². The second-order valence-corrected chi connectivity index (χ2v) is 11.3. The van der Waals surface area contributed by atoms with Crippen molar-refractivity contribution in [3.8, 4) is 0 Å². The number of β-lactam (4-membered cyclic amide) rings is 1. The number of methoxy groups -OCH3 is 1. The number of carbonyl (C=O) groups excluding carboxylic acids is 4. The average Bonchev–Trinajstić information content (AvgIpc) is 3.05. The van der Waals surface area contributed by atoms with Gasteiger partial charge in [-0.2, -0.15) is 0 Å². The summed E-state index contributed by atoms with van der Waals surface area (Å²) >= 11 is 0. The monoisotopic (exact) mass is 527 g/mol. The Morgan fingerprint density at radius 2 is 1.57 bits per heavy atom. The molecular weight excluding hydrogens is 502 g/mol. The molecule has 0 aliphatic carbocycles. The van der Waals surface area contributed by atoms with Gasteiger partial charge in [-0.1, -0.05) is 60.7 Å². The van der Waals surface area contributed by atoms with E-state index >= 15 is 0 Å². The van der Waals surface area contributed by atoms with E-state index in [1.807, 2.05) is 0 Å². The van der Waals surface area contributed by atoms with Gasteiger partial charge in [0.15, 0.2) is 27.4 Å². The van der Waals surface area contributed by atoms with Crippen molar-refractivity contribution in [1.82, 2.24) is 4.90 Å². The number of benzene rings is 2. The molecule has 2 aromatic rings. The van der Waals surface area contributed by atoms with E-state index in [0.29, 0.717) is 11.1 Å². The fraction of sp³-hybridized carbons (Fsp3) is 0.308. The Morgan fingerprint density at radius 3 is 2.05 bits per heavy atom. The first-order valence-corrected chi connectivity index (χ1v) is 12.9. The molecule has 0 spiro atoms. The summed E-state index contributed by atoms with van der Waals surface area (Å²) in [6.07, 6.45) is -0.117. The van der Waals surface area contributed by atoms with E-state index in [1.54, 1.807) is 60.7 Å². The average molecular weight is 528 g/mol. The largest absolute Gasteiger partial charge is 0.466 e. The number of hydrogen-bond acceptors (Lipinski definition) is 9. The highest BCUT2D eigenvalue weighted by Crippen LogP contribution is 2.49. The third kappa shape index (κ3) is 4.39. The molecule has 10 nitrogen and oxygen atoms in total. The minimum Gasteiger partial charge on any atom is -0.466 e. The van der Waals surface area contributed by atoms with Gasteiger partial charge in [-0.05, 0) is 18.1 Å². The topological polar surface area (TPSA) is 133 Å².